The molecule has 0 saturated carbocycles. The number of aryl methyl sites for hydroxylation is 1. The molecule has 1 aromatic heterocycles. The first kappa shape index (κ1) is 23.4. The van der Waals surface area contributed by atoms with Gasteiger partial charge in [0.15, 0.2) is 0 Å². The molecule has 174 valence electrons. The normalized spacial score (nSPS) is 12.3. The van der Waals surface area contributed by atoms with Crippen LogP contribution in [0, 0.1) is 6.92 Å². The highest BCUT2D eigenvalue weighted by molar-refractivity contribution is 7.90. The topological polar surface area (TPSA) is 141 Å². The highest BCUT2D eigenvalue weighted by Crippen LogP contribution is 2.25. The van der Waals surface area contributed by atoms with E-state index >= 15 is 0 Å². The molecule has 0 fully saturated rings. The number of para-hydroxylation sites is 1. The Morgan fingerprint density at radius 2 is 1.53 bits per heavy atom. The molecule has 3 N–H and O–H groups in total. The summed E-state index contributed by atoms with van der Waals surface area (Å²) in [6.45, 7) is 1.87. The number of carbonyl (C=O) groups is 1. The quantitative estimate of drug-likeness (QED) is 0.312. The number of hydrogen-bond donors (Lipinski definition) is 2. The molecule has 0 radical (unpaired) electrons. The Labute approximate surface area is 196 Å². The lowest BCUT2D eigenvalue weighted by atomic mass is 10.2. The van der Waals surface area contributed by atoms with Crippen LogP contribution in [0.1, 0.15) is 21.5 Å². The van der Waals surface area contributed by atoms with E-state index in [9.17, 15) is 21.6 Å². The van der Waals surface area contributed by atoms with E-state index < -0.39 is 26.0 Å². The van der Waals surface area contributed by atoms with Crippen LogP contribution < -0.4 is 10.6 Å². The molecule has 4 rings (SSSR count). The zero-order chi connectivity index (χ0) is 24.5. The Morgan fingerprint density at radius 1 is 0.912 bits per heavy atom. The summed E-state index contributed by atoms with van der Waals surface area (Å²) < 4.78 is 50.3. The van der Waals surface area contributed by atoms with Gasteiger partial charge in [0.1, 0.15) is 0 Å². The van der Waals surface area contributed by atoms with Crippen molar-refractivity contribution in [3.05, 3.63) is 95.7 Å². The van der Waals surface area contributed by atoms with Crippen LogP contribution >= 0.6 is 0 Å². The number of fused-ring (bicyclic) bond motifs is 1. The van der Waals surface area contributed by atoms with Crippen molar-refractivity contribution < 1.29 is 21.6 Å². The van der Waals surface area contributed by atoms with E-state index in [2.05, 4.69) is 10.5 Å². The number of rotatable bonds is 6. The third-order valence-electron chi connectivity index (χ3n) is 5.10. The molecule has 0 aliphatic heterocycles. The zero-order valence-corrected chi connectivity index (χ0v) is 19.5. The van der Waals surface area contributed by atoms with Crippen molar-refractivity contribution >= 4 is 43.1 Å². The van der Waals surface area contributed by atoms with Gasteiger partial charge in [0.05, 0.1) is 21.5 Å². The first-order valence-electron chi connectivity index (χ1n) is 9.96. The van der Waals surface area contributed by atoms with Gasteiger partial charge in [0.25, 0.3) is 15.9 Å². The molecule has 3 aromatic carbocycles. The number of carbonyl (C=O) groups excluding carboxylic acids is 1. The molecule has 9 nitrogen and oxygen atoms in total. The molecular formula is C23H20N4O5S2. The fourth-order valence-electron chi connectivity index (χ4n) is 3.32. The third kappa shape index (κ3) is 4.62. The number of benzene rings is 3. The molecule has 34 heavy (non-hydrogen) atoms. The van der Waals surface area contributed by atoms with Crippen LogP contribution in [-0.4, -0.2) is 32.9 Å². The fraction of sp³-hybridized carbons (Fsp3) is 0.0435. The first-order valence-corrected chi connectivity index (χ1v) is 12.9. The van der Waals surface area contributed by atoms with E-state index in [0.29, 0.717) is 16.5 Å². The number of nitrogens with two attached hydrogens (primary N) is 1. The minimum atomic E-state index is -3.86. The van der Waals surface area contributed by atoms with Gasteiger partial charge in [-0.1, -0.05) is 35.9 Å². The summed E-state index contributed by atoms with van der Waals surface area (Å²) in [7, 11) is -7.72. The number of amides is 1. The van der Waals surface area contributed by atoms with Crippen molar-refractivity contribution in [3.63, 3.8) is 0 Å². The molecule has 1 amide bonds. The molecule has 0 aliphatic carbocycles. The van der Waals surface area contributed by atoms with Gasteiger partial charge in [-0.2, -0.15) is 5.10 Å². The number of nitrogens with zero attached hydrogens (tertiary/aromatic N) is 2. The summed E-state index contributed by atoms with van der Waals surface area (Å²) >= 11 is 0. The second-order valence-electron chi connectivity index (χ2n) is 7.48. The molecule has 0 bridgehead atoms. The Balaban J connectivity index is 1.62. The van der Waals surface area contributed by atoms with Gasteiger partial charge in [0.2, 0.25) is 10.0 Å². The molecule has 0 aliphatic rings. The summed E-state index contributed by atoms with van der Waals surface area (Å²) in [5.41, 5.74) is 4.42. The van der Waals surface area contributed by atoms with Gasteiger partial charge in [-0.05, 0) is 49.4 Å². The van der Waals surface area contributed by atoms with E-state index in [-0.39, 0.29) is 15.4 Å². The van der Waals surface area contributed by atoms with Crippen molar-refractivity contribution in [2.45, 2.75) is 16.7 Å². The van der Waals surface area contributed by atoms with Crippen LogP contribution in [0.3, 0.4) is 0 Å². The molecule has 11 heteroatoms. The summed E-state index contributed by atoms with van der Waals surface area (Å²) in [4.78, 5) is 12.4. The van der Waals surface area contributed by atoms with E-state index in [1.165, 1.54) is 40.6 Å². The highest BCUT2D eigenvalue weighted by atomic mass is 32.2. The first-order chi connectivity index (χ1) is 16.1. The average Bonchev–Trinajstić information content (AvgIpc) is 3.18. The molecule has 0 spiro atoms. The molecule has 0 atom stereocenters. The fourth-order valence-corrected chi connectivity index (χ4v) is 5.21. The number of primary sulfonamides is 1. The minimum absolute atomic E-state index is 0.116. The molecular weight excluding hydrogens is 476 g/mol. The second-order valence-corrected chi connectivity index (χ2v) is 10.9. The molecule has 0 unspecified atom stereocenters. The maximum atomic E-state index is 13.2. The van der Waals surface area contributed by atoms with E-state index in [1.54, 1.807) is 48.5 Å². The van der Waals surface area contributed by atoms with Crippen molar-refractivity contribution in [1.29, 1.82) is 0 Å². The summed E-state index contributed by atoms with van der Waals surface area (Å²) in [5, 5.41) is 9.63. The van der Waals surface area contributed by atoms with Gasteiger partial charge < -0.3 is 0 Å². The van der Waals surface area contributed by atoms with Crippen LogP contribution in [0.25, 0.3) is 10.9 Å². The van der Waals surface area contributed by atoms with Crippen LogP contribution in [0.2, 0.25) is 0 Å². The van der Waals surface area contributed by atoms with Crippen LogP contribution in [0.5, 0.6) is 0 Å². The van der Waals surface area contributed by atoms with Gasteiger partial charge in [-0.3, -0.25) is 4.79 Å². The summed E-state index contributed by atoms with van der Waals surface area (Å²) in [5.74, 6) is -0.576. The van der Waals surface area contributed by atoms with Crippen LogP contribution in [0.15, 0.2) is 93.9 Å². The lowest BCUT2D eigenvalue weighted by molar-refractivity contribution is 0.0955. The van der Waals surface area contributed by atoms with Crippen LogP contribution in [-0.2, 0) is 20.0 Å². The zero-order valence-electron chi connectivity index (χ0n) is 17.9. The predicted molar refractivity (Wildman–Crippen MR) is 129 cm³/mol. The summed E-state index contributed by atoms with van der Waals surface area (Å²) in [6.07, 6.45) is 2.79. The van der Waals surface area contributed by atoms with Gasteiger partial charge in [-0.15, -0.1) is 0 Å². The Hall–Kier alpha value is -3.80. The van der Waals surface area contributed by atoms with Gasteiger partial charge >= 0.3 is 0 Å². The number of nitrogens with one attached hydrogen (secondary N) is 1. The second kappa shape index (κ2) is 8.86. The summed E-state index contributed by atoms with van der Waals surface area (Å²) in [6, 6.07) is 18.6. The number of aromatic nitrogens is 1. The number of hydrogen-bond acceptors (Lipinski definition) is 6. The molecule has 1 heterocycles. The standard InChI is InChI=1S/C23H20N4O5S2/c1-16-6-10-20(11-7-16)34(31,32)27-15-18(21-4-2-3-5-22(21)27)14-25-26-23(28)17-8-12-19(13-9-17)33(24,29)30/h2-15H,1H3,(H,26,28)(H2,24,29,30)/b25-14+. The van der Waals surface area contributed by atoms with Gasteiger partial charge in [0, 0.05) is 22.7 Å². The molecule has 4 aromatic rings. The van der Waals surface area contributed by atoms with Crippen molar-refractivity contribution in [2.24, 2.45) is 10.2 Å². The number of sulfonamides is 1. The van der Waals surface area contributed by atoms with Crippen molar-refractivity contribution in [2.75, 3.05) is 0 Å². The van der Waals surface area contributed by atoms with E-state index in [0.717, 1.165) is 5.56 Å². The van der Waals surface area contributed by atoms with E-state index in [4.69, 9.17) is 5.14 Å². The monoisotopic (exact) mass is 496 g/mol. The lowest BCUT2D eigenvalue weighted by Crippen LogP contribution is -2.18. The predicted octanol–water partition coefficient (Wildman–Crippen LogP) is 2.60. The average molecular weight is 497 g/mol. The Kier molecular flexibility index (Phi) is 6.09. The number of hydrazone groups is 1. The largest absolute Gasteiger partial charge is 0.271 e. The molecule has 0 saturated heterocycles. The lowest BCUT2D eigenvalue weighted by Gasteiger charge is -2.07. The highest BCUT2D eigenvalue weighted by Gasteiger charge is 2.20. The van der Waals surface area contributed by atoms with Gasteiger partial charge in [-0.25, -0.2) is 31.4 Å². The Bertz CT molecular complexity index is 1620. The maximum Gasteiger partial charge on any atom is 0.271 e. The maximum absolute atomic E-state index is 13.2. The third-order valence-corrected chi connectivity index (χ3v) is 7.72. The van der Waals surface area contributed by atoms with Crippen molar-refractivity contribution in [3.8, 4) is 0 Å². The smallest absolute Gasteiger partial charge is 0.267 e. The van der Waals surface area contributed by atoms with E-state index in [1.807, 2.05) is 6.92 Å². The Morgan fingerprint density at radius 3 is 2.18 bits per heavy atom. The minimum Gasteiger partial charge on any atom is -0.267 e. The van der Waals surface area contributed by atoms with Crippen molar-refractivity contribution in [1.82, 2.24) is 9.40 Å². The SMILES string of the molecule is Cc1ccc(S(=O)(=O)n2cc(/C=N/NC(=O)c3ccc(S(N)(=O)=O)cc3)c3ccccc32)cc1. The van der Waals surface area contributed by atoms with Crippen LogP contribution in [0.4, 0.5) is 0 Å².